The van der Waals surface area contributed by atoms with E-state index in [2.05, 4.69) is 5.32 Å². The SMILES string of the molecule is COc1cc(NC(=O)CN(C)Cc2cccc(C(=O)O)c2)cc(OC)c1. The Balaban J connectivity index is 1.97. The molecule has 0 saturated carbocycles. The predicted molar refractivity (Wildman–Crippen MR) is 97.9 cm³/mol. The monoisotopic (exact) mass is 358 g/mol. The van der Waals surface area contributed by atoms with Crippen LogP contribution in [0.25, 0.3) is 0 Å². The molecule has 2 rings (SSSR count). The smallest absolute Gasteiger partial charge is 0.335 e. The van der Waals surface area contributed by atoms with Crippen molar-refractivity contribution in [3.05, 3.63) is 53.6 Å². The molecule has 0 aliphatic heterocycles. The molecule has 1 amide bonds. The highest BCUT2D eigenvalue weighted by Gasteiger charge is 2.11. The Morgan fingerprint density at radius 2 is 1.73 bits per heavy atom. The van der Waals surface area contributed by atoms with Gasteiger partial charge in [-0.25, -0.2) is 4.79 Å². The van der Waals surface area contributed by atoms with Crippen LogP contribution in [0, 0.1) is 0 Å². The fourth-order valence-corrected chi connectivity index (χ4v) is 2.50. The maximum absolute atomic E-state index is 12.3. The summed E-state index contributed by atoms with van der Waals surface area (Å²) in [6.45, 7) is 0.604. The van der Waals surface area contributed by atoms with Crippen molar-refractivity contribution in [2.24, 2.45) is 0 Å². The quantitative estimate of drug-likeness (QED) is 0.754. The van der Waals surface area contributed by atoms with E-state index >= 15 is 0 Å². The van der Waals surface area contributed by atoms with Crippen molar-refractivity contribution in [2.45, 2.75) is 6.54 Å². The number of hydrogen-bond donors (Lipinski definition) is 2. The first-order chi connectivity index (χ1) is 12.4. The molecular formula is C19H22N2O5. The lowest BCUT2D eigenvalue weighted by Crippen LogP contribution is -2.29. The van der Waals surface area contributed by atoms with E-state index in [1.807, 2.05) is 6.07 Å². The van der Waals surface area contributed by atoms with Crippen LogP contribution in [0.5, 0.6) is 11.5 Å². The number of hydrogen-bond acceptors (Lipinski definition) is 5. The van der Waals surface area contributed by atoms with Gasteiger partial charge in [-0.05, 0) is 24.7 Å². The highest BCUT2D eigenvalue weighted by Crippen LogP contribution is 2.25. The zero-order chi connectivity index (χ0) is 19.1. The van der Waals surface area contributed by atoms with Gasteiger partial charge in [0.2, 0.25) is 5.91 Å². The number of rotatable bonds is 8. The molecule has 0 fully saturated rings. The van der Waals surface area contributed by atoms with Crippen LogP contribution in [0.15, 0.2) is 42.5 Å². The Bertz CT molecular complexity index is 769. The molecule has 2 aromatic carbocycles. The lowest BCUT2D eigenvalue weighted by Gasteiger charge is -2.17. The molecule has 0 radical (unpaired) electrons. The van der Waals surface area contributed by atoms with Crippen LogP contribution >= 0.6 is 0 Å². The average molecular weight is 358 g/mol. The van der Waals surface area contributed by atoms with E-state index in [0.717, 1.165) is 5.56 Å². The summed E-state index contributed by atoms with van der Waals surface area (Å²) < 4.78 is 10.4. The van der Waals surface area contributed by atoms with E-state index in [1.165, 1.54) is 6.07 Å². The van der Waals surface area contributed by atoms with Crippen molar-refractivity contribution in [1.29, 1.82) is 0 Å². The van der Waals surface area contributed by atoms with E-state index in [1.54, 1.807) is 56.5 Å². The summed E-state index contributed by atoms with van der Waals surface area (Å²) in [6.07, 6.45) is 0. The third-order valence-electron chi connectivity index (χ3n) is 3.68. The fraction of sp³-hybridized carbons (Fsp3) is 0.263. The third kappa shape index (κ3) is 5.49. The predicted octanol–water partition coefficient (Wildman–Crippen LogP) is 2.47. The van der Waals surface area contributed by atoms with Gasteiger partial charge in [-0.2, -0.15) is 0 Å². The molecule has 0 heterocycles. The van der Waals surface area contributed by atoms with E-state index in [4.69, 9.17) is 14.6 Å². The summed E-state index contributed by atoms with van der Waals surface area (Å²) >= 11 is 0. The standard InChI is InChI=1S/C19H22N2O5/c1-21(11-13-5-4-6-14(7-13)19(23)24)12-18(22)20-15-8-16(25-2)10-17(9-15)26-3/h4-10H,11-12H2,1-3H3,(H,20,22)(H,23,24). The molecule has 0 aliphatic rings. The molecule has 0 unspecified atom stereocenters. The second kappa shape index (κ2) is 8.87. The Kier molecular flexibility index (Phi) is 6.57. The van der Waals surface area contributed by atoms with Crippen molar-refractivity contribution in [3.63, 3.8) is 0 Å². The van der Waals surface area contributed by atoms with Crippen molar-refractivity contribution in [1.82, 2.24) is 4.90 Å². The maximum atomic E-state index is 12.3. The minimum atomic E-state index is -0.973. The van der Waals surface area contributed by atoms with Crippen LogP contribution in [0.3, 0.4) is 0 Å². The maximum Gasteiger partial charge on any atom is 0.335 e. The Morgan fingerprint density at radius 1 is 1.08 bits per heavy atom. The van der Waals surface area contributed by atoms with Gasteiger partial charge in [0.1, 0.15) is 11.5 Å². The Labute approximate surface area is 152 Å². The number of aromatic carboxylic acids is 1. The van der Waals surface area contributed by atoms with Crippen LogP contribution in [-0.4, -0.2) is 49.7 Å². The Morgan fingerprint density at radius 3 is 2.31 bits per heavy atom. The Hall–Kier alpha value is -3.06. The van der Waals surface area contributed by atoms with E-state index < -0.39 is 5.97 Å². The number of benzene rings is 2. The number of likely N-dealkylation sites (N-methyl/N-ethyl adjacent to an activating group) is 1. The molecule has 7 nitrogen and oxygen atoms in total. The zero-order valence-electron chi connectivity index (χ0n) is 15.0. The molecule has 2 aromatic rings. The summed E-state index contributed by atoms with van der Waals surface area (Å²) in [4.78, 5) is 25.1. The van der Waals surface area contributed by atoms with Crippen molar-refractivity contribution < 1.29 is 24.2 Å². The van der Waals surface area contributed by atoms with Crippen LogP contribution in [-0.2, 0) is 11.3 Å². The largest absolute Gasteiger partial charge is 0.497 e. The number of nitrogens with zero attached hydrogens (tertiary/aromatic N) is 1. The van der Waals surface area contributed by atoms with Gasteiger partial charge in [0.05, 0.1) is 26.3 Å². The molecule has 0 aliphatic carbocycles. The van der Waals surface area contributed by atoms with Crippen molar-refractivity contribution >= 4 is 17.6 Å². The first kappa shape index (κ1) is 19.3. The number of carboxylic acid groups (broad SMARTS) is 1. The lowest BCUT2D eigenvalue weighted by molar-refractivity contribution is -0.117. The van der Waals surface area contributed by atoms with Crippen LogP contribution in [0.2, 0.25) is 0 Å². The van der Waals surface area contributed by atoms with Gasteiger partial charge >= 0.3 is 5.97 Å². The van der Waals surface area contributed by atoms with Crippen molar-refractivity contribution in [3.8, 4) is 11.5 Å². The van der Waals surface area contributed by atoms with Gasteiger partial charge in [-0.1, -0.05) is 12.1 Å². The second-order valence-corrected chi connectivity index (χ2v) is 5.83. The van der Waals surface area contributed by atoms with Gasteiger partial charge in [0.15, 0.2) is 0 Å². The van der Waals surface area contributed by atoms with Crippen LogP contribution in [0.1, 0.15) is 15.9 Å². The summed E-state index contributed by atoms with van der Waals surface area (Å²) in [5.41, 5.74) is 1.62. The fourth-order valence-electron chi connectivity index (χ4n) is 2.50. The molecule has 2 N–H and O–H groups in total. The van der Waals surface area contributed by atoms with Gasteiger partial charge < -0.3 is 19.9 Å². The average Bonchev–Trinajstić information content (AvgIpc) is 2.61. The molecule has 26 heavy (non-hydrogen) atoms. The molecule has 0 spiro atoms. The summed E-state index contributed by atoms with van der Waals surface area (Å²) in [7, 11) is 4.87. The lowest BCUT2D eigenvalue weighted by atomic mass is 10.1. The number of anilines is 1. The minimum absolute atomic E-state index is 0.150. The minimum Gasteiger partial charge on any atom is -0.497 e. The number of amides is 1. The number of ether oxygens (including phenoxy) is 2. The van der Waals surface area contributed by atoms with Crippen LogP contribution in [0.4, 0.5) is 5.69 Å². The topological polar surface area (TPSA) is 88.1 Å². The van der Waals surface area contributed by atoms with E-state index in [0.29, 0.717) is 23.7 Å². The summed E-state index contributed by atoms with van der Waals surface area (Å²) in [5, 5.41) is 11.8. The number of nitrogens with one attached hydrogen (secondary N) is 1. The van der Waals surface area contributed by atoms with Gasteiger partial charge in [0, 0.05) is 30.4 Å². The number of carbonyl (C=O) groups is 2. The first-order valence-electron chi connectivity index (χ1n) is 7.95. The molecular weight excluding hydrogens is 336 g/mol. The number of carbonyl (C=O) groups excluding carboxylic acids is 1. The molecule has 0 bridgehead atoms. The van der Waals surface area contributed by atoms with Crippen LogP contribution < -0.4 is 14.8 Å². The molecule has 0 saturated heterocycles. The molecule has 0 aromatic heterocycles. The second-order valence-electron chi connectivity index (χ2n) is 5.83. The highest BCUT2D eigenvalue weighted by atomic mass is 16.5. The number of carboxylic acids is 1. The molecule has 138 valence electrons. The van der Waals surface area contributed by atoms with Crippen molar-refractivity contribution in [2.75, 3.05) is 33.1 Å². The summed E-state index contributed by atoms with van der Waals surface area (Å²) in [5.74, 6) is -0.00612. The van der Waals surface area contributed by atoms with Gasteiger partial charge in [-0.3, -0.25) is 9.69 Å². The van der Waals surface area contributed by atoms with E-state index in [9.17, 15) is 9.59 Å². The highest BCUT2D eigenvalue weighted by molar-refractivity contribution is 5.92. The van der Waals surface area contributed by atoms with Gasteiger partial charge in [0.25, 0.3) is 0 Å². The normalized spacial score (nSPS) is 10.5. The zero-order valence-corrected chi connectivity index (χ0v) is 15.0. The van der Waals surface area contributed by atoms with E-state index in [-0.39, 0.29) is 18.0 Å². The third-order valence-corrected chi connectivity index (χ3v) is 3.68. The number of methoxy groups -OCH3 is 2. The summed E-state index contributed by atoms with van der Waals surface area (Å²) in [6, 6.07) is 11.8. The first-order valence-corrected chi connectivity index (χ1v) is 7.95. The van der Waals surface area contributed by atoms with Gasteiger partial charge in [-0.15, -0.1) is 0 Å². The molecule has 7 heteroatoms. The molecule has 0 atom stereocenters.